The van der Waals surface area contributed by atoms with Crippen LogP contribution in [-0.4, -0.2) is 24.3 Å². The van der Waals surface area contributed by atoms with Gasteiger partial charge in [0, 0.05) is 10.6 Å². The number of carbonyl (C=O) groups excluding carboxylic acids is 1. The van der Waals surface area contributed by atoms with Gasteiger partial charge in [0.2, 0.25) is 11.3 Å². The molecule has 5 aromatic rings. The van der Waals surface area contributed by atoms with Gasteiger partial charge in [0.15, 0.2) is 0 Å². The highest BCUT2D eigenvalue weighted by Crippen LogP contribution is 2.22. The van der Waals surface area contributed by atoms with Crippen LogP contribution in [-0.2, 0) is 10.0 Å². The second-order valence-corrected chi connectivity index (χ2v) is 10.4. The van der Waals surface area contributed by atoms with Crippen LogP contribution in [0.2, 0.25) is 5.02 Å². The number of benzene rings is 3. The number of rotatable bonds is 6. The Bertz CT molecular complexity index is 1720. The molecule has 0 spiro atoms. The number of para-hydroxylation sites is 2. The highest BCUT2D eigenvalue weighted by Gasteiger charge is 2.25. The summed E-state index contributed by atoms with van der Waals surface area (Å²) in [6.07, 6.45) is 3.33. The van der Waals surface area contributed by atoms with E-state index in [2.05, 4.69) is 20.0 Å². The van der Waals surface area contributed by atoms with Crippen molar-refractivity contribution in [1.29, 1.82) is 0 Å². The number of hydrogen-bond donors (Lipinski definition) is 2. The number of fused-ring (bicyclic) bond motifs is 1. The Kier molecular flexibility index (Phi) is 6.56. The molecule has 0 saturated carbocycles. The molecule has 0 atom stereocenters. The lowest BCUT2D eigenvalue weighted by molar-refractivity contribution is -0.598. The molecule has 0 aliphatic rings. The molecular formula is C27H21ClN5O3S+. The fourth-order valence-corrected chi connectivity index (χ4v) is 4.76. The molecule has 0 unspecified atom stereocenters. The minimum atomic E-state index is -3.94. The lowest BCUT2D eigenvalue weighted by atomic mass is 10.2. The molecule has 0 radical (unpaired) electrons. The minimum absolute atomic E-state index is 0.0467. The fourth-order valence-electron chi connectivity index (χ4n) is 3.63. The maximum atomic E-state index is 13.2. The molecule has 184 valence electrons. The topological polar surface area (TPSA) is 105 Å². The molecule has 2 heterocycles. The van der Waals surface area contributed by atoms with Gasteiger partial charge in [0.05, 0.1) is 16.8 Å². The van der Waals surface area contributed by atoms with Gasteiger partial charge in [-0.05, 0) is 72.6 Å². The van der Waals surface area contributed by atoms with Crippen LogP contribution in [0, 0.1) is 6.92 Å². The van der Waals surface area contributed by atoms with Gasteiger partial charge in [0.25, 0.3) is 15.9 Å². The van der Waals surface area contributed by atoms with Crippen LogP contribution in [0.25, 0.3) is 16.9 Å². The number of hydrogen-bond acceptors (Lipinski definition) is 5. The molecule has 2 N–H and O–H groups in total. The van der Waals surface area contributed by atoms with Gasteiger partial charge in [-0.1, -0.05) is 41.4 Å². The van der Waals surface area contributed by atoms with Crippen molar-refractivity contribution in [2.24, 2.45) is 0 Å². The van der Waals surface area contributed by atoms with E-state index in [0.29, 0.717) is 27.3 Å². The van der Waals surface area contributed by atoms with Crippen LogP contribution >= 0.6 is 11.6 Å². The first-order chi connectivity index (χ1) is 17.8. The Balaban J connectivity index is 1.54. The zero-order valence-electron chi connectivity index (χ0n) is 19.6. The number of sulfonamides is 1. The van der Waals surface area contributed by atoms with Crippen molar-refractivity contribution in [1.82, 2.24) is 9.97 Å². The molecule has 5 rings (SSSR count). The minimum Gasteiger partial charge on any atom is -0.319 e. The van der Waals surface area contributed by atoms with E-state index in [1.54, 1.807) is 83.7 Å². The second-order valence-electron chi connectivity index (χ2n) is 8.26. The normalized spacial score (nSPS) is 11.3. The van der Waals surface area contributed by atoms with Crippen LogP contribution in [0.4, 0.5) is 11.5 Å². The number of aromatic nitrogens is 3. The van der Waals surface area contributed by atoms with Gasteiger partial charge in [-0.2, -0.15) is 4.57 Å². The van der Waals surface area contributed by atoms with E-state index < -0.39 is 10.0 Å². The lowest BCUT2D eigenvalue weighted by Gasteiger charge is -2.10. The van der Waals surface area contributed by atoms with E-state index in [-0.39, 0.29) is 22.4 Å². The second kappa shape index (κ2) is 9.96. The van der Waals surface area contributed by atoms with E-state index in [0.717, 1.165) is 5.56 Å². The number of anilines is 2. The van der Waals surface area contributed by atoms with E-state index in [1.165, 1.54) is 12.1 Å². The van der Waals surface area contributed by atoms with Crippen molar-refractivity contribution in [3.05, 3.63) is 113 Å². The van der Waals surface area contributed by atoms with Gasteiger partial charge in [-0.15, -0.1) is 0 Å². The first-order valence-corrected chi connectivity index (χ1v) is 13.1. The summed E-state index contributed by atoms with van der Waals surface area (Å²) in [6, 6.07) is 23.6. The van der Waals surface area contributed by atoms with Crippen molar-refractivity contribution in [2.45, 2.75) is 11.8 Å². The van der Waals surface area contributed by atoms with Gasteiger partial charge >= 0.3 is 5.82 Å². The number of pyridine rings is 1. The lowest BCUT2D eigenvalue weighted by Crippen LogP contribution is -2.34. The first kappa shape index (κ1) is 24.4. The highest BCUT2D eigenvalue weighted by molar-refractivity contribution is 7.92. The summed E-state index contributed by atoms with van der Waals surface area (Å²) in [7, 11) is -3.94. The van der Waals surface area contributed by atoms with Crippen LogP contribution < -0.4 is 14.6 Å². The summed E-state index contributed by atoms with van der Waals surface area (Å²) in [5.41, 5.74) is 2.97. The third-order valence-corrected chi connectivity index (χ3v) is 7.13. The maximum absolute atomic E-state index is 13.2. The zero-order valence-corrected chi connectivity index (χ0v) is 21.2. The summed E-state index contributed by atoms with van der Waals surface area (Å²) >= 11 is 5.92. The van der Waals surface area contributed by atoms with Crippen molar-refractivity contribution in [3.8, 4) is 5.82 Å². The average Bonchev–Trinajstić information content (AvgIpc) is 2.89. The molecule has 0 saturated heterocycles. The van der Waals surface area contributed by atoms with E-state index in [9.17, 15) is 13.2 Å². The Morgan fingerprint density at radius 3 is 2.24 bits per heavy atom. The number of carbonyl (C=O) groups is 1. The van der Waals surface area contributed by atoms with Crippen molar-refractivity contribution >= 4 is 50.1 Å². The molecule has 8 nitrogen and oxygen atoms in total. The van der Waals surface area contributed by atoms with Gasteiger partial charge in [-0.3, -0.25) is 9.52 Å². The number of nitrogens with one attached hydrogen (secondary N) is 2. The van der Waals surface area contributed by atoms with Gasteiger partial charge in [0.1, 0.15) is 11.7 Å². The summed E-state index contributed by atoms with van der Waals surface area (Å²) in [5.74, 6) is -0.0262. The molecule has 2 aromatic heterocycles. The smallest absolute Gasteiger partial charge is 0.319 e. The third kappa shape index (κ3) is 5.42. The first-order valence-electron chi connectivity index (χ1n) is 11.2. The molecule has 37 heavy (non-hydrogen) atoms. The van der Waals surface area contributed by atoms with Crippen LogP contribution in [0.3, 0.4) is 0 Å². The monoisotopic (exact) mass is 530 g/mol. The van der Waals surface area contributed by atoms with Crippen molar-refractivity contribution < 1.29 is 17.8 Å². The number of aryl methyl sites for hydroxylation is 1. The standard InChI is InChI=1S/C27H20ClN5O3S/c1-18-8-14-22(15-9-18)37(35,36)32-25-26(31-24-7-3-2-6-23(24)30-25)33-16-4-5-21(17-33)29-27(34)19-10-12-20(28)13-11-19/h2-17H,1H3,(H-,29,30,32,34)/p+1. The molecule has 0 aliphatic carbocycles. The zero-order chi connectivity index (χ0) is 26.0. The maximum Gasteiger partial charge on any atom is 0.372 e. The Morgan fingerprint density at radius 1 is 0.865 bits per heavy atom. The van der Waals surface area contributed by atoms with Crippen molar-refractivity contribution in [2.75, 3.05) is 10.0 Å². The molecule has 0 fully saturated rings. The Morgan fingerprint density at radius 2 is 1.54 bits per heavy atom. The quantitative estimate of drug-likeness (QED) is 0.303. The number of amides is 1. The average molecular weight is 531 g/mol. The Hall–Kier alpha value is -4.34. The van der Waals surface area contributed by atoms with E-state index >= 15 is 0 Å². The molecule has 10 heteroatoms. The number of nitrogens with zero attached hydrogens (tertiary/aromatic N) is 3. The molecule has 0 aliphatic heterocycles. The van der Waals surface area contributed by atoms with E-state index in [1.807, 2.05) is 13.0 Å². The molecular weight excluding hydrogens is 510 g/mol. The predicted octanol–water partition coefficient (Wildman–Crippen LogP) is 4.92. The van der Waals surface area contributed by atoms with Gasteiger partial charge < -0.3 is 5.32 Å². The molecule has 3 aromatic carbocycles. The molecule has 0 bridgehead atoms. The SMILES string of the molecule is Cc1ccc(S(=O)(=O)Nc2nc3ccccc3nc2-[n+]2cccc(NC(=O)c3ccc(Cl)cc3)c2)cc1. The van der Waals surface area contributed by atoms with Gasteiger partial charge in [-0.25, -0.2) is 13.4 Å². The van der Waals surface area contributed by atoms with E-state index in [4.69, 9.17) is 11.6 Å². The highest BCUT2D eigenvalue weighted by atomic mass is 35.5. The predicted molar refractivity (Wildman–Crippen MR) is 142 cm³/mol. The van der Waals surface area contributed by atoms with Crippen molar-refractivity contribution in [3.63, 3.8) is 0 Å². The summed E-state index contributed by atoms with van der Waals surface area (Å²) in [5, 5.41) is 3.37. The van der Waals surface area contributed by atoms with Crippen LogP contribution in [0.5, 0.6) is 0 Å². The van der Waals surface area contributed by atoms with Crippen LogP contribution in [0.15, 0.2) is 102 Å². The largest absolute Gasteiger partial charge is 0.372 e. The molecule has 1 amide bonds. The number of halogens is 1. The third-order valence-electron chi connectivity index (χ3n) is 5.52. The van der Waals surface area contributed by atoms with Crippen LogP contribution in [0.1, 0.15) is 15.9 Å². The fraction of sp³-hybridized carbons (Fsp3) is 0.0370. The summed E-state index contributed by atoms with van der Waals surface area (Å²) in [6.45, 7) is 1.88. The summed E-state index contributed by atoms with van der Waals surface area (Å²) in [4.78, 5) is 22.0. The Labute approximate surface area is 218 Å². The summed E-state index contributed by atoms with van der Waals surface area (Å²) < 4.78 is 30.5.